The fourth-order valence-electron chi connectivity index (χ4n) is 1.76. The quantitative estimate of drug-likeness (QED) is 0.828. The van der Waals surface area contributed by atoms with Crippen LogP contribution in [0.2, 0.25) is 0 Å². The van der Waals surface area contributed by atoms with Gasteiger partial charge in [0.15, 0.2) is 0 Å². The number of aromatic nitrogens is 2. The molecule has 0 amide bonds. The minimum absolute atomic E-state index is 0.143. The van der Waals surface area contributed by atoms with Gasteiger partial charge in [0, 0.05) is 11.8 Å². The maximum Gasteiger partial charge on any atom is 0.118 e. The lowest BCUT2D eigenvalue weighted by Crippen LogP contribution is -2.22. The Kier molecular flexibility index (Phi) is 3.30. The van der Waals surface area contributed by atoms with Gasteiger partial charge in [-0.3, -0.25) is 4.68 Å². The molecule has 0 saturated heterocycles. The van der Waals surface area contributed by atoms with E-state index in [2.05, 4.69) is 31.9 Å². The molecule has 0 aliphatic rings. The molecule has 1 heterocycles. The summed E-state index contributed by atoms with van der Waals surface area (Å²) < 4.78 is 6.95. The van der Waals surface area contributed by atoms with Gasteiger partial charge in [-0.25, -0.2) is 0 Å². The first kappa shape index (κ1) is 13.2. The third kappa shape index (κ3) is 2.60. The first-order valence-corrected chi connectivity index (χ1v) is 6.10. The molecule has 1 aromatic carbocycles. The molecule has 0 atom stereocenters. The zero-order valence-electron chi connectivity index (χ0n) is 11.6. The van der Waals surface area contributed by atoms with Gasteiger partial charge in [-0.05, 0) is 45.0 Å². The van der Waals surface area contributed by atoms with E-state index in [9.17, 15) is 5.26 Å². The Morgan fingerprint density at radius 1 is 1.21 bits per heavy atom. The van der Waals surface area contributed by atoms with Crippen LogP contribution >= 0.6 is 0 Å². The van der Waals surface area contributed by atoms with Gasteiger partial charge in [0.2, 0.25) is 0 Å². The predicted octanol–water partition coefficient (Wildman–Crippen LogP) is 3.19. The minimum Gasteiger partial charge on any atom is -0.497 e. The van der Waals surface area contributed by atoms with Gasteiger partial charge in [-0.1, -0.05) is 0 Å². The van der Waals surface area contributed by atoms with Crippen LogP contribution in [-0.2, 0) is 5.54 Å². The van der Waals surface area contributed by atoms with E-state index in [0.717, 1.165) is 11.3 Å². The van der Waals surface area contributed by atoms with E-state index in [-0.39, 0.29) is 5.54 Å². The molecule has 2 aromatic rings. The van der Waals surface area contributed by atoms with Crippen molar-refractivity contribution in [3.8, 4) is 23.1 Å². The number of nitriles is 1. The Morgan fingerprint density at radius 2 is 1.84 bits per heavy atom. The second-order valence-electron chi connectivity index (χ2n) is 5.35. The SMILES string of the molecule is COc1ccc(-c2nn(C(C)(C)C)cc2C#N)cc1. The minimum atomic E-state index is -0.143. The summed E-state index contributed by atoms with van der Waals surface area (Å²) in [5.74, 6) is 0.789. The van der Waals surface area contributed by atoms with E-state index < -0.39 is 0 Å². The van der Waals surface area contributed by atoms with Gasteiger partial charge in [0.05, 0.1) is 18.2 Å². The van der Waals surface area contributed by atoms with Crippen molar-refractivity contribution in [2.24, 2.45) is 0 Å². The van der Waals surface area contributed by atoms with Gasteiger partial charge in [0.25, 0.3) is 0 Å². The zero-order chi connectivity index (χ0) is 14.0. The Hall–Kier alpha value is -2.28. The van der Waals surface area contributed by atoms with E-state index >= 15 is 0 Å². The van der Waals surface area contributed by atoms with Gasteiger partial charge in [-0.2, -0.15) is 10.4 Å². The summed E-state index contributed by atoms with van der Waals surface area (Å²) in [5.41, 5.74) is 2.07. The highest BCUT2D eigenvalue weighted by Gasteiger charge is 2.18. The molecule has 19 heavy (non-hydrogen) atoms. The normalized spacial score (nSPS) is 11.1. The highest BCUT2D eigenvalue weighted by molar-refractivity contribution is 5.66. The average Bonchev–Trinajstić information content (AvgIpc) is 2.83. The maximum absolute atomic E-state index is 9.23. The molecule has 0 fully saturated rings. The molecule has 4 heteroatoms. The number of ether oxygens (including phenoxy) is 1. The number of benzene rings is 1. The Balaban J connectivity index is 2.49. The Morgan fingerprint density at radius 3 is 2.32 bits per heavy atom. The van der Waals surface area contributed by atoms with E-state index in [1.165, 1.54) is 0 Å². The summed E-state index contributed by atoms with van der Waals surface area (Å²) in [6.45, 7) is 6.16. The van der Waals surface area contributed by atoms with E-state index in [1.54, 1.807) is 13.3 Å². The van der Waals surface area contributed by atoms with Gasteiger partial charge >= 0.3 is 0 Å². The van der Waals surface area contributed by atoms with Crippen LogP contribution in [0.3, 0.4) is 0 Å². The van der Waals surface area contributed by atoms with Crippen molar-refractivity contribution < 1.29 is 4.74 Å². The summed E-state index contributed by atoms with van der Waals surface area (Å²) in [4.78, 5) is 0. The lowest BCUT2D eigenvalue weighted by molar-refractivity contribution is 0.356. The Labute approximate surface area is 113 Å². The van der Waals surface area contributed by atoms with Crippen LogP contribution in [0.5, 0.6) is 5.75 Å². The van der Waals surface area contributed by atoms with Crippen molar-refractivity contribution in [3.63, 3.8) is 0 Å². The van der Waals surface area contributed by atoms with E-state index in [0.29, 0.717) is 11.3 Å². The Bertz CT molecular complexity index is 612. The summed E-state index contributed by atoms with van der Waals surface area (Å²) in [5, 5.41) is 13.8. The molecule has 0 spiro atoms. The third-order valence-electron chi connectivity index (χ3n) is 2.89. The molecule has 98 valence electrons. The first-order chi connectivity index (χ1) is 8.95. The molecule has 0 aliphatic heterocycles. The smallest absolute Gasteiger partial charge is 0.118 e. The highest BCUT2D eigenvalue weighted by atomic mass is 16.5. The van der Waals surface area contributed by atoms with Gasteiger partial charge in [-0.15, -0.1) is 0 Å². The lowest BCUT2D eigenvalue weighted by Gasteiger charge is -2.18. The van der Waals surface area contributed by atoms with Gasteiger partial charge in [0.1, 0.15) is 17.5 Å². The van der Waals surface area contributed by atoms with E-state index in [4.69, 9.17) is 4.74 Å². The van der Waals surface area contributed by atoms with Crippen LogP contribution in [-0.4, -0.2) is 16.9 Å². The van der Waals surface area contributed by atoms with Crippen LogP contribution < -0.4 is 4.74 Å². The third-order valence-corrected chi connectivity index (χ3v) is 2.89. The topological polar surface area (TPSA) is 50.8 Å². The standard InChI is InChI=1S/C15H17N3O/c1-15(2,3)18-10-12(9-16)14(17-18)11-5-7-13(19-4)8-6-11/h5-8,10H,1-4H3. The number of hydrogen-bond acceptors (Lipinski definition) is 3. The van der Waals surface area contributed by atoms with Crippen LogP contribution in [0.4, 0.5) is 0 Å². The number of methoxy groups -OCH3 is 1. The number of hydrogen-bond donors (Lipinski definition) is 0. The van der Waals surface area contributed by atoms with Crippen molar-refractivity contribution in [1.82, 2.24) is 9.78 Å². The van der Waals surface area contributed by atoms with Crippen LogP contribution in [0.25, 0.3) is 11.3 Å². The molecule has 2 rings (SSSR count). The summed E-state index contributed by atoms with van der Waals surface area (Å²) in [7, 11) is 1.63. The fraction of sp³-hybridized carbons (Fsp3) is 0.333. The molecule has 0 bridgehead atoms. The average molecular weight is 255 g/mol. The molecule has 4 nitrogen and oxygen atoms in total. The molecule has 0 radical (unpaired) electrons. The van der Waals surface area contributed by atoms with Crippen molar-refractivity contribution in [2.75, 3.05) is 7.11 Å². The molecule has 0 N–H and O–H groups in total. The van der Waals surface area contributed by atoms with Crippen LogP contribution in [0.1, 0.15) is 26.3 Å². The van der Waals surface area contributed by atoms with Crippen LogP contribution in [0, 0.1) is 11.3 Å². The molecule has 0 saturated carbocycles. The molecule has 0 unspecified atom stereocenters. The highest BCUT2D eigenvalue weighted by Crippen LogP contribution is 2.26. The van der Waals surface area contributed by atoms with Crippen molar-refractivity contribution >= 4 is 0 Å². The number of nitrogens with zero attached hydrogens (tertiary/aromatic N) is 3. The second-order valence-corrected chi connectivity index (χ2v) is 5.35. The summed E-state index contributed by atoms with van der Waals surface area (Å²) in [6, 6.07) is 9.76. The lowest BCUT2D eigenvalue weighted by atomic mass is 10.1. The largest absolute Gasteiger partial charge is 0.497 e. The molecule has 1 aromatic heterocycles. The van der Waals surface area contributed by atoms with Gasteiger partial charge < -0.3 is 4.74 Å². The predicted molar refractivity (Wildman–Crippen MR) is 73.9 cm³/mol. The molecule has 0 aliphatic carbocycles. The second kappa shape index (κ2) is 4.77. The molecular formula is C15H17N3O. The monoisotopic (exact) mass is 255 g/mol. The number of rotatable bonds is 2. The van der Waals surface area contributed by atoms with E-state index in [1.807, 2.05) is 28.9 Å². The van der Waals surface area contributed by atoms with Crippen molar-refractivity contribution in [1.29, 1.82) is 5.26 Å². The maximum atomic E-state index is 9.23. The fourth-order valence-corrected chi connectivity index (χ4v) is 1.76. The summed E-state index contributed by atoms with van der Waals surface area (Å²) in [6.07, 6.45) is 1.79. The van der Waals surface area contributed by atoms with Crippen molar-refractivity contribution in [2.45, 2.75) is 26.3 Å². The zero-order valence-corrected chi connectivity index (χ0v) is 11.6. The van der Waals surface area contributed by atoms with Crippen LogP contribution in [0.15, 0.2) is 30.5 Å². The summed E-state index contributed by atoms with van der Waals surface area (Å²) >= 11 is 0. The molecular weight excluding hydrogens is 238 g/mol. The van der Waals surface area contributed by atoms with Crippen molar-refractivity contribution in [3.05, 3.63) is 36.0 Å². The first-order valence-electron chi connectivity index (χ1n) is 6.10.